The number of nitrogens with one attached hydrogen (secondary N) is 5. The van der Waals surface area contributed by atoms with Crippen molar-refractivity contribution in [2.45, 2.75) is 141 Å². The Morgan fingerprint density at radius 3 is 2.17 bits per heavy atom. The molecule has 0 radical (unpaired) electrons. The van der Waals surface area contributed by atoms with Gasteiger partial charge in [-0.05, 0) is 85.7 Å². The smallest absolute Gasteiger partial charge is 0.268 e. The molecule has 13 nitrogen and oxygen atoms in total. The van der Waals surface area contributed by atoms with Crippen molar-refractivity contribution in [3.05, 3.63) is 36.7 Å². The topological polar surface area (TPSA) is 187 Å². The van der Waals surface area contributed by atoms with Crippen molar-refractivity contribution in [1.82, 2.24) is 30.6 Å². The van der Waals surface area contributed by atoms with Gasteiger partial charge in [0.2, 0.25) is 27.7 Å². The first-order chi connectivity index (χ1) is 25.3. The van der Waals surface area contributed by atoms with E-state index in [4.69, 9.17) is 0 Å². The van der Waals surface area contributed by atoms with Crippen molar-refractivity contribution in [2.75, 3.05) is 6.54 Å². The van der Waals surface area contributed by atoms with Gasteiger partial charge in [-0.3, -0.25) is 28.7 Å². The average Bonchev–Trinajstić information content (AvgIpc) is 4.02. The number of likely N-dealkylation sites (tertiary alicyclic amines) is 1. The molecule has 6 atom stereocenters. The summed E-state index contributed by atoms with van der Waals surface area (Å²) in [6.45, 7) is 14.2. The van der Waals surface area contributed by atoms with Crippen LogP contribution in [0.3, 0.4) is 0 Å². The zero-order chi connectivity index (χ0) is 39.1. The van der Waals surface area contributed by atoms with Gasteiger partial charge in [-0.2, -0.15) is 0 Å². The number of carbonyl (C=O) groups is 5. The molecule has 1 aromatic heterocycles. The molecule has 5 saturated carbocycles. The monoisotopic (exact) mass is 766 g/mol. The molecule has 0 aromatic carbocycles. The van der Waals surface area contributed by atoms with Crippen LogP contribution < -0.4 is 20.7 Å². The van der Waals surface area contributed by atoms with Crippen LogP contribution in [0.4, 0.5) is 0 Å². The molecular weight excluding hydrogens is 709 g/mol. The fraction of sp³-hybridized carbons (Fsp3) is 0.725. The predicted molar refractivity (Wildman–Crippen MR) is 202 cm³/mol. The second-order valence-electron chi connectivity index (χ2n) is 18.8. The Hall–Kier alpha value is -3.68. The Morgan fingerprint density at radius 2 is 1.65 bits per heavy atom. The van der Waals surface area contributed by atoms with E-state index in [1.54, 1.807) is 29.3 Å². The van der Waals surface area contributed by atoms with Crippen LogP contribution in [0, 0.1) is 33.5 Å². The second-order valence-corrected chi connectivity index (χ2v) is 20.7. The van der Waals surface area contributed by atoms with Crippen LogP contribution in [0.15, 0.2) is 31.0 Å². The predicted octanol–water partition coefficient (Wildman–Crippen LogP) is 3.69. The van der Waals surface area contributed by atoms with E-state index in [2.05, 4.69) is 46.1 Å². The molecule has 2 heterocycles. The van der Waals surface area contributed by atoms with Crippen LogP contribution in [-0.2, 0) is 29.2 Å². The maximum atomic E-state index is 15.1. The highest BCUT2D eigenvalue weighted by atomic mass is 32.2. The quantitative estimate of drug-likeness (QED) is 0.201. The van der Waals surface area contributed by atoms with E-state index in [1.165, 1.54) is 0 Å². The molecule has 5 N–H and O–H groups in total. The molecule has 1 saturated heterocycles. The minimum absolute atomic E-state index is 0.0150. The fourth-order valence-electron chi connectivity index (χ4n) is 10.7. The van der Waals surface area contributed by atoms with Crippen LogP contribution in [0.1, 0.15) is 122 Å². The zero-order valence-electron chi connectivity index (χ0n) is 32.4. The Labute approximate surface area is 319 Å². The van der Waals surface area contributed by atoms with Gasteiger partial charge in [0.1, 0.15) is 29.4 Å². The summed E-state index contributed by atoms with van der Waals surface area (Å²) < 4.78 is 27.8. The Kier molecular flexibility index (Phi) is 9.45. The normalized spacial score (nSPS) is 30.8. The highest BCUT2D eigenvalue weighted by Gasteiger charge is 2.85. The maximum absolute atomic E-state index is 15.1. The largest absolute Gasteiger partial charge is 0.357 e. The number of hydrogen-bond donors (Lipinski definition) is 5. The summed E-state index contributed by atoms with van der Waals surface area (Å²) in [6.07, 6.45) is 12.3. The molecule has 54 heavy (non-hydrogen) atoms. The molecule has 5 aliphatic carbocycles. The minimum atomic E-state index is -3.87. The first kappa shape index (κ1) is 38.6. The van der Waals surface area contributed by atoms with E-state index >= 15 is 4.79 Å². The molecule has 5 amide bonds. The highest BCUT2D eigenvalue weighted by Crippen LogP contribution is 2.88. The molecule has 1 aromatic rings. The van der Waals surface area contributed by atoms with E-state index in [1.807, 2.05) is 20.8 Å². The molecule has 6 aliphatic rings. The van der Waals surface area contributed by atoms with Crippen molar-refractivity contribution in [2.24, 2.45) is 33.5 Å². The van der Waals surface area contributed by atoms with Crippen LogP contribution in [-0.4, -0.2) is 83.3 Å². The van der Waals surface area contributed by atoms with Crippen LogP contribution >= 0.6 is 0 Å². The number of nitrogens with zero attached hydrogens (tertiary/aromatic N) is 1. The first-order valence-electron chi connectivity index (χ1n) is 19.9. The van der Waals surface area contributed by atoms with Gasteiger partial charge in [-0.15, -0.1) is 6.58 Å². The van der Waals surface area contributed by atoms with Crippen LogP contribution in [0.25, 0.3) is 0 Å². The molecular formula is C40H58N6O7S. The summed E-state index contributed by atoms with van der Waals surface area (Å²) in [6, 6.07) is 0.517. The lowest BCUT2D eigenvalue weighted by Crippen LogP contribution is -2.62. The summed E-state index contributed by atoms with van der Waals surface area (Å²) in [5.74, 6) is -3.10. The van der Waals surface area contributed by atoms with Gasteiger partial charge >= 0.3 is 0 Å². The number of aromatic nitrogens is 1. The molecule has 14 heteroatoms. The third-order valence-corrected chi connectivity index (χ3v) is 16.4. The Morgan fingerprint density at radius 1 is 0.963 bits per heavy atom. The zero-order valence-corrected chi connectivity index (χ0v) is 33.2. The van der Waals surface area contributed by atoms with Crippen LogP contribution in [0.2, 0.25) is 0 Å². The number of sulfonamides is 1. The average molecular weight is 767 g/mol. The molecule has 2 spiro atoms. The van der Waals surface area contributed by atoms with E-state index in [0.29, 0.717) is 31.5 Å². The molecule has 1 aliphatic heterocycles. The lowest BCUT2D eigenvalue weighted by atomic mass is 9.73. The Balaban J connectivity index is 1.16. The molecule has 0 unspecified atom stereocenters. The standard InChI is InChI=1S/C40H58N6O7S/c1-7-25-21-40(25,35(51)45-54(52,53)26-16-17-26)44-32(48)28-22-39(37(5,6)38(39)18-12-19-38)23-46(28)34(50)30(36(2,3)4)43-33(49)29(24-13-9-8-10-14-24)42-31(47)27-15-11-20-41-27/h7,11,15,20,24-26,28-30,41H,1,8-10,12-14,16-19,21-23H2,2-6H3,(H,42,47)(H,43,49)(H,44,48)(H,45,51)/t25-,28+,29+,30-,39-,40-/m1/s1. The van der Waals surface area contributed by atoms with Gasteiger partial charge in [-0.1, -0.05) is 66.4 Å². The third kappa shape index (κ3) is 6.18. The summed E-state index contributed by atoms with van der Waals surface area (Å²) >= 11 is 0. The van der Waals surface area contributed by atoms with Crippen molar-refractivity contribution in [3.63, 3.8) is 0 Å². The van der Waals surface area contributed by atoms with Crippen molar-refractivity contribution < 1.29 is 32.4 Å². The van der Waals surface area contributed by atoms with Gasteiger partial charge in [0.25, 0.3) is 11.8 Å². The fourth-order valence-corrected chi connectivity index (χ4v) is 12.0. The lowest BCUT2D eigenvalue weighted by molar-refractivity contribution is -0.145. The van der Waals surface area contributed by atoms with Crippen molar-refractivity contribution in [1.29, 1.82) is 0 Å². The number of amides is 5. The highest BCUT2D eigenvalue weighted by molar-refractivity contribution is 7.91. The molecule has 6 fully saturated rings. The number of fused-ring (bicyclic) bond motifs is 1. The number of H-pyrrole nitrogens is 1. The number of aromatic amines is 1. The van der Waals surface area contributed by atoms with E-state index < -0.39 is 79.8 Å². The molecule has 7 rings (SSSR count). The lowest BCUT2D eigenvalue weighted by Gasteiger charge is -2.38. The van der Waals surface area contributed by atoms with Gasteiger partial charge in [0.15, 0.2) is 0 Å². The van der Waals surface area contributed by atoms with E-state index in [0.717, 1.165) is 51.4 Å². The van der Waals surface area contributed by atoms with Crippen molar-refractivity contribution in [3.8, 4) is 0 Å². The van der Waals surface area contributed by atoms with Gasteiger partial charge in [-0.25, -0.2) is 8.42 Å². The number of hydrogen-bond acceptors (Lipinski definition) is 7. The summed E-state index contributed by atoms with van der Waals surface area (Å²) in [5, 5.41) is 8.34. The summed E-state index contributed by atoms with van der Waals surface area (Å²) in [7, 11) is -3.87. The van der Waals surface area contributed by atoms with E-state index in [-0.39, 0.29) is 28.6 Å². The number of carbonyl (C=O) groups excluding carboxylic acids is 5. The maximum Gasteiger partial charge on any atom is 0.268 e. The number of rotatable bonds is 12. The molecule has 0 bridgehead atoms. The van der Waals surface area contributed by atoms with Crippen molar-refractivity contribution >= 4 is 39.6 Å². The Bertz CT molecular complexity index is 1820. The first-order valence-corrected chi connectivity index (χ1v) is 21.4. The van der Waals surface area contributed by atoms with Gasteiger partial charge in [0.05, 0.1) is 5.25 Å². The third-order valence-electron chi connectivity index (χ3n) is 14.6. The SMILES string of the molecule is C=C[C@@H]1C[C@]1(NC(=O)[C@@H]1C[C@@]2(CN1C(=O)[C@@H](NC(=O)[C@@H](NC(=O)c1ccc[nH]1)C1CCCCC1)C(C)(C)C)C(C)(C)C21CCC1)C(=O)NS(=O)(=O)C1CC1. The second kappa shape index (κ2) is 13.2. The minimum Gasteiger partial charge on any atom is -0.357 e. The van der Waals surface area contributed by atoms with Crippen LogP contribution in [0.5, 0.6) is 0 Å². The summed E-state index contributed by atoms with van der Waals surface area (Å²) in [5.41, 5.74) is -2.41. The summed E-state index contributed by atoms with van der Waals surface area (Å²) in [4.78, 5) is 75.4. The van der Waals surface area contributed by atoms with E-state index in [9.17, 15) is 27.6 Å². The van der Waals surface area contributed by atoms with Gasteiger partial charge in [0, 0.05) is 24.1 Å². The van der Waals surface area contributed by atoms with Gasteiger partial charge < -0.3 is 25.8 Å². The molecule has 296 valence electrons.